The lowest BCUT2D eigenvalue weighted by Crippen LogP contribution is -2.34. The van der Waals surface area contributed by atoms with Crippen LogP contribution < -0.4 is 0 Å². The van der Waals surface area contributed by atoms with Crippen LogP contribution in [0.4, 0.5) is 0 Å². The minimum Gasteiger partial charge on any atom is -0.339 e. The van der Waals surface area contributed by atoms with Crippen molar-refractivity contribution < 1.29 is 4.79 Å². The predicted molar refractivity (Wildman–Crippen MR) is 96.2 cm³/mol. The number of carbonyl (C=O) groups excluding carboxylic acids is 1. The van der Waals surface area contributed by atoms with Gasteiger partial charge in [-0.3, -0.25) is 4.79 Å². The zero-order valence-electron chi connectivity index (χ0n) is 13.4. The third-order valence-electron chi connectivity index (χ3n) is 3.42. The molecule has 0 saturated carbocycles. The summed E-state index contributed by atoms with van der Waals surface area (Å²) >= 11 is 7.82. The number of halogens is 1. The molecule has 0 bridgehead atoms. The highest BCUT2D eigenvalue weighted by Gasteiger charge is 2.19. The Hall–Kier alpha value is -0.480. The lowest BCUT2D eigenvalue weighted by atomic mass is 10.1. The maximum Gasteiger partial charge on any atom is 0.255 e. The van der Waals surface area contributed by atoms with Crippen LogP contribution in [0.3, 0.4) is 0 Å². The summed E-state index contributed by atoms with van der Waals surface area (Å²) in [5.74, 6) is 1.29. The van der Waals surface area contributed by atoms with Gasteiger partial charge < -0.3 is 4.90 Å². The normalized spacial score (nSPS) is 11.2. The molecule has 1 aromatic rings. The highest BCUT2D eigenvalue weighted by atomic mass is 79.9. The molecule has 0 aliphatic heterocycles. The summed E-state index contributed by atoms with van der Waals surface area (Å²) in [4.78, 5) is 15.6. The minimum atomic E-state index is 0.0964. The van der Waals surface area contributed by atoms with Crippen LogP contribution in [-0.2, 0) is 0 Å². The molecule has 4 heteroatoms. The molecule has 0 fully saturated rings. The zero-order chi connectivity index (χ0) is 16.0. The maximum absolute atomic E-state index is 12.8. The molecule has 0 unspecified atom stereocenters. The minimum absolute atomic E-state index is 0.0964. The van der Waals surface area contributed by atoms with Gasteiger partial charge in [-0.1, -0.05) is 27.7 Å². The second-order valence-electron chi connectivity index (χ2n) is 6.32. The second-order valence-corrected chi connectivity index (χ2v) is 7.69. The van der Waals surface area contributed by atoms with Crippen LogP contribution in [0.1, 0.15) is 50.9 Å². The van der Waals surface area contributed by atoms with Gasteiger partial charge in [0, 0.05) is 22.5 Å². The van der Waals surface area contributed by atoms with Gasteiger partial charge in [0.2, 0.25) is 0 Å². The molecular weight excluding hydrogens is 346 g/mol. The summed E-state index contributed by atoms with van der Waals surface area (Å²) in [7, 11) is 0. The summed E-state index contributed by atoms with van der Waals surface area (Å²) in [5, 5.41) is 0. The molecule has 2 nitrogen and oxygen atoms in total. The van der Waals surface area contributed by atoms with E-state index in [1.165, 1.54) is 0 Å². The fourth-order valence-electron chi connectivity index (χ4n) is 1.99. The van der Waals surface area contributed by atoms with Crippen LogP contribution in [0.15, 0.2) is 27.6 Å². The molecule has 0 spiro atoms. The van der Waals surface area contributed by atoms with E-state index in [1.54, 1.807) is 0 Å². The Morgan fingerprint density at radius 2 is 1.67 bits per heavy atom. The van der Waals surface area contributed by atoms with Gasteiger partial charge in [0.25, 0.3) is 5.91 Å². The van der Waals surface area contributed by atoms with Crippen molar-refractivity contribution in [3.63, 3.8) is 0 Å². The first kappa shape index (κ1) is 18.6. The monoisotopic (exact) mass is 371 g/mol. The summed E-state index contributed by atoms with van der Waals surface area (Å²) in [6.45, 7) is 10.4. The van der Waals surface area contributed by atoms with Gasteiger partial charge in [-0.15, -0.1) is 12.6 Å². The van der Waals surface area contributed by atoms with E-state index in [-0.39, 0.29) is 5.91 Å². The van der Waals surface area contributed by atoms with E-state index in [2.05, 4.69) is 56.3 Å². The smallest absolute Gasteiger partial charge is 0.255 e. The van der Waals surface area contributed by atoms with Crippen molar-refractivity contribution in [2.75, 3.05) is 13.1 Å². The van der Waals surface area contributed by atoms with Crippen LogP contribution in [0.25, 0.3) is 0 Å². The molecule has 0 atom stereocenters. The van der Waals surface area contributed by atoms with Crippen molar-refractivity contribution in [3.05, 3.63) is 28.2 Å². The van der Waals surface area contributed by atoms with E-state index in [4.69, 9.17) is 0 Å². The molecular formula is C17H26BrNOS. The van der Waals surface area contributed by atoms with Crippen LogP contribution in [-0.4, -0.2) is 23.9 Å². The first-order chi connectivity index (χ1) is 9.81. The van der Waals surface area contributed by atoms with Crippen molar-refractivity contribution in [1.29, 1.82) is 0 Å². The van der Waals surface area contributed by atoms with Crippen molar-refractivity contribution in [2.45, 2.75) is 45.4 Å². The molecule has 0 aliphatic rings. The fraction of sp³-hybridized carbons (Fsp3) is 0.588. The van der Waals surface area contributed by atoms with Crippen molar-refractivity contribution >= 4 is 34.5 Å². The molecule has 0 heterocycles. The van der Waals surface area contributed by atoms with Gasteiger partial charge >= 0.3 is 0 Å². The molecule has 1 rings (SSSR count). The summed E-state index contributed by atoms with van der Waals surface area (Å²) in [5.41, 5.74) is 0.704. The highest BCUT2D eigenvalue weighted by molar-refractivity contribution is 9.10. The van der Waals surface area contributed by atoms with E-state index < -0.39 is 0 Å². The Kier molecular flexibility index (Phi) is 7.82. The Bertz CT molecular complexity index is 462. The lowest BCUT2D eigenvalue weighted by molar-refractivity contribution is 0.0739. The Labute approximate surface area is 142 Å². The van der Waals surface area contributed by atoms with Gasteiger partial charge in [-0.2, -0.15) is 0 Å². The SMILES string of the molecule is CC(C)CCN(CCC(C)C)C(=O)c1cc(S)ccc1Br. The van der Waals surface area contributed by atoms with E-state index in [0.29, 0.717) is 17.4 Å². The molecule has 0 radical (unpaired) electrons. The molecule has 0 aromatic heterocycles. The molecule has 1 amide bonds. The standard InChI is InChI=1S/C17H26BrNOS/c1-12(2)7-9-19(10-8-13(3)4)17(20)15-11-14(21)5-6-16(15)18/h5-6,11-13,21H,7-10H2,1-4H3. The average molecular weight is 372 g/mol. The number of hydrogen-bond donors (Lipinski definition) is 1. The van der Waals surface area contributed by atoms with Crippen molar-refractivity contribution in [1.82, 2.24) is 4.90 Å². The number of benzene rings is 1. The number of nitrogens with zero attached hydrogens (tertiary/aromatic N) is 1. The van der Waals surface area contributed by atoms with Crippen LogP contribution >= 0.6 is 28.6 Å². The van der Waals surface area contributed by atoms with Gasteiger partial charge in [0.05, 0.1) is 5.56 Å². The topological polar surface area (TPSA) is 20.3 Å². The molecule has 118 valence electrons. The van der Waals surface area contributed by atoms with Crippen molar-refractivity contribution in [2.24, 2.45) is 11.8 Å². The van der Waals surface area contributed by atoms with Gasteiger partial charge in [-0.05, 0) is 58.8 Å². The van der Waals surface area contributed by atoms with E-state index in [0.717, 1.165) is 35.3 Å². The maximum atomic E-state index is 12.8. The summed E-state index contributed by atoms with van der Waals surface area (Å²) in [6, 6.07) is 5.61. The quantitative estimate of drug-likeness (QED) is 0.647. The largest absolute Gasteiger partial charge is 0.339 e. The lowest BCUT2D eigenvalue weighted by Gasteiger charge is -2.25. The first-order valence-electron chi connectivity index (χ1n) is 7.59. The highest BCUT2D eigenvalue weighted by Crippen LogP contribution is 2.22. The number of hydrogen-bond acceptors (Lipinski definition) is 2. The Balaban J connectivity index is 2.89. The van der Waals surface area contributed by atoms with Crippen LogP contribution in [0.5, 0.6) is 0 Å². The number of rotatable bonds is 7. The molecule has 21 heavy (non-hydrogen) atoms. The third-order valence-corrected chi connectivity index (χ3v) is 4.39. The second kappa shape index (κ2) is 8.84. The number of carbonyl (C=O) groups is 1. The van der Waals surface area contributed by atoms with E-state index >= 15 is 0 Å². The van der Waals surface area contributed by atoms with Gasteiger partial charge in [0.15, 0.2) is 0 Å². The van der Waals surface area contributed by atoms with E-state index in [9.17, 15) is 4.79 Å². The molecule has 1 aromatic carbocycles. The fourth-order valence-corrected chi connectivity index (χ4v) is 2.61. The van der Waals surface area contributed by atoms with Crippen LogP contribution in [0, 0.1) is 11.8 Å². The van der Waals surface area contributed by atoms with Crippen molar-refractivity contribution in [3.8, 4) is 0 Å². The molecule has 0 aliphatic carbocycles. The molecule has 0 saturated heterocycles. The Morgan fingerprint density at radius 3 is 2.14 bits per heavy atom. The predicted octanol–water partition coefficient (Wildman–Crippen LogP) is 5.27. The molecule has 0 N–H and O–H groups in total. The van der Waals surface area contributed by atoms with Crippen LogP contribution in [0.2, 0.25) is 0 Å². The number of amides is 1. The zero-order valence-corrected chi connectivity index (χ0v) is 15.9. The number of thiol groups is 1. The van der Waals surface area contributed by atoms with Gasteiger partial charge in [0.1, 0.15) is 0 Å². The summed E-state index contributed by atoms with van der Waals surface area (Å²) in [6.07, 6.45) is 2.06. The summed E-state index contributed by atoms with van der Waals surface area (Å²) < 4.78 is 0.837. The average Bonchev–Trinajstić information content (AvgIpc) is 2.40. The first-order valence-corrected chi connectivity index (χ1v) is 8.83. The van der Waals surface area contributed by atoms with Gasteiger partial charge in [-0.25, -0.2) is 0 Å². The third kappa shape index (κ3) is 6.43. The Morgan fingerprint density at radius 1 is 1.14 bits per heavy atom. The van der Waals surface area contributed by atoms with E-state index in [1.807, 2.05) is 23.1 Å².